The second-order valence-electron chi connectivity index (χ2n) is 7.76. The molecule has 170 valence electrons. The van der Waals surface area contributed by atoms with Crippen molar-refractivity contribution in [1.82, 2.24) is 15.3 Å². The summed E-state index contributed by atoms with van der Waals surface area (Å²) < 4.78 is 13.1. The molecule has 0 bridgehead atoms. The first kappa shape index (κ1) is 23.3. The molecule has 2 atom stereocenters. The van der Waals surface area contributed by atoms with Gasteiger partial charge in [-0.2, -0.15) is 0 Å². The third kappa shape index (κ3) is 6.33. The van der Waals surface area contributed by atoms with Gasteiger partial charge in [0.1, 0.15) is 11.9 Å². The number of nitrogens with one attached hydrogen (secondary N) is 2. The van der Waals surface area contributed by atoms with E-state index in [4.69, 9.17) is 0 Å². The predicted molar refractivity (Wildman–Crippen MR) is 129 cm³/mol. The predicted octanol–water partition coefficient (Wildman–Crippen LogP) is 4.17. The van der Waals surface area contributed by atoms with Gasteiger partial charge < -0.3 is 10.6 Å². The third-order valence-electron chi connectivity index (χ3n) is 5.02. The van der Waals surface area contributed by atoms with Gasteiger partial charge in [-0.1, -0.05) is 12.1 Å². The summed E-state index contributed by atoms with van der Waals surface area (Å²) in [5, 5.41) is 6.05. The average molecular weight is 483 g/mol. The lowest BCUT2D eigenvalue weighted by molar-refractivity contribution is -0.126. The molecule has 2 amide bonds. The highest BCUT2D eigenvalue weighted by Gasteiger charge is 2.32. The van der Waals surface area contributed by atoms with Crippen LogP contribution in [0.15, 0.2) is 64.6 Å². The Bertz CT molecular complexity index is 1140. The lowest BCUT2D eigenvalue weighted by atomic mass is 10.1. The smallest absolute Gasteiger partial charge is 0.247 e. The molecule has 9 heteroatoms. The van der Waals surface area contributed by atoms with E-state index in [9.17, 15) is 14.0 Å². The minimum absolute atomic E-state index is 0.184. The van der Waals surface area contributed by atoms with E-state index in [0.717, 1.165) is 21.8 Å². The number of nitrogens with zero attached hydrogens (tertiary/aromatic N) is 2. The van der Waals surface area contributed by atoms with Crippen molar-refractivity contribution in [2.75, 3.05) is 11.1 Å². The maximum Gasteiger partial charge on any atom is 0.247 e. The minimum Gasteiger partial charge on any atom is -0.343 e. The molecule has 2 N–H and O–H groups in total. The molecule has 0 aliphatic carbocycles. The molecule has 0 spiro atoms. The zero-order valence-corrected chi connectivity index (χ0v) is 19.8. The van der Waals surface area contributed by atoms with Crippen molar-refractivity contribution in [2.45, 2.75) is 41.6 Å². The Hall–Kier alpha value is -2.91. The third-order valence-corrected chi connectivity index (χ3v) is 7.20. The van der Waals surface area contributed by atoms with Crippen LogP contribution in [0.1, 0.15) is 17.0 Å². The average Bonchev–Trinajstić information content (AvgIpc) is 2.77. The summed E-state index contributed by atoms with van der Waals surface area (Å²) in [6.07, 6.45) is 0.494. The highest BCUT2D eigenvalue weighted by Crippen LogP contribution is 2.27. The van der Waals surface area contributed by atoms with Crippen molar-refractivity contribution in [1.29, 1.82) is 0 Å². The number of benzene rings is 2. The van der Waals surface area contributed by atoms with E-state index in [-0.39, 0.29) is 22.9 Å². The van der Waals surface area contributed by atoms with Crippen LogP contribution in [-0.4, -0.2) is 38.8 Å². The van der Waals surface area contributed by atoms with Gasteiger partial charge in [-0.15, -0.1) is 11.8 Å². The fourth-order valence-electron chi connectivity index (χ4n) is 3.40. The summed E-state index contributed by atoms with van der Waals surface area (Å²) in [7, 11) is 0. The summed E-state index contributed by atoms with van der Waals surface area (Å²) in [5.41, 5.74) is 3.37. The molecule has 1 aliphatic heterocycles. The van der Waals surface area contributed by atoms with E-state index < -0.39 is 6.04 Å². The number of aromatic nitrogens is 2. The Morgan fingerprint density at radius 3 is 2.42 bits per heavy atom. The van der Waals surface area contributed by atoms with Gasteiger partial charge in [0.2, 0.25) is 11.8 Å². The highest BCUT2D eigenvalue weighted by atomic mass is 32.2. The first-order chi connectivity index (χ1) is 15.9. The lowest BCUT2D eigenvalue weighted by Crippen LogP contribution is -2.52. The molecular weight excluding hydrogens is 459 g/mol. The normalized spacial score (nSPS) is 18.0. The number of carbonyl (C=O) groups is 2. The Morgan fingerprint density at radius 2 is 1.79 bits per heavy atom. The fraction of sp³-hybridized carbons (Fsp3) is 0.250. The van der Waals surface area contributed by atoms with E-state index in [0.29, 0.717) is 23.0 Å². The van der Waals surface area contributed by atoms with Gasteiger partial charge in [-0.05, 0) is 80.1 Å². The van der Waals surface area contributed by atoms with E-state index in [1.807, 2.05) is 44.2 Å². The van der Waals surface area contributed by atoms with Crippen LogP contribution in [0.4, 0.5) is 10.1 Å². The second-order valence-corrected chi connectivity index (χ2v) is 10.0. The topological polar surface area (TPSA) is 84.0 Å². The molecule has 1 fully saturated rings. The van der Waals surface area contributed by atoms with E-state index >= 15 is 0 Å². The van der Waals surface area contributed by atoms with Gasteiger partial charge in [0.05, 0.1) is 5.25 Å². The Labute approximate surface area is 200 Å². The lowest BCUT2D eigenvalue weighted by Gasteiger charge is -2.28. The van der Waals surface area contributed by atoms with Crippen LogP contribution in [0.2, 0.25) is 0 Å². The number of aryl methyl sites for hydroxylation is 2. The molecule has 0 radical (unpaired) electrons. The molecule has 4 rings (SSSR count). The number of hydrogen-bond acceptors (Lipinski definition) is 6. The molecule has 2 heterocycles. The van der Waals surface area contributed by atoms with Crippen molar-refractivity contribution >= 4 is 41.0 Å². The summed E-state index contributed by atoms with van der Waals surface area (Å²) >= 11 is 2.90. The molecular formula is C24H23FN4O2S2. The van der Waals surface area contributed by atoms with Crippen LogP contribution >= 0.6 is 23.5 Å². The van der Waals surface area contributed by atoms with Crippen LogP contribution in [0.25, 0.3) is 0 Å². The van der Waals surface area contributed by atoms with Crippen molar-refractivity contribution in [2.24, 2.45) is 0 Å². The maximum absolute atomic E-state index is 13.1. The number of halogens is 1. The standard InChI is InChI=1S/C24H23FN4O2S2/c1-14-11-15(2)27-24(26-14)33-19-9-7-18(8-10-19)28-22(30)20-13-32-21(23(31)29-20)12-16-3-5-17(25)6-4-16/h3-11,20-21H,12-13H2,1-2H3,(H,28,30)(H,29,31). The van der Waals surface area contributed by atoms with Crippen molar-refractivity contribution in [3.63, 3.8) is 0 Å². The number of hydrogen-bond donors (Lipinski definition) is 2. The molecule has 1 aliphatic rings. The highest BCUT2D eigenvalue weighted by molar-refractivity contribution is 8.00. The number of carbonyl (C=O) groups excluding carboxylic acids is 2. The molecule has 1 saturated heterocycles. The van der Waals surface area contributed by atoms with Crippen molar-refractivity contribution < 1.29 is 14.0 Å². The van der Waals surface area contributed by atoms with Crippen LogP contribution in [0.3, 0.4) is 0 Å². The number of rotatable bonds is 6. The number of anilines is 1. The van der Waals surface area contributed by atoms with Gasteiger partial charge in [-0.3, -0.25) is 9.59 Å². The molecule has 2 aromatic carbocycles. The molecule has 6 nitrogen and oxygen atoms in total. The largest absolute Gasteiger partial charge is 0.343 e. The molecule has 0 saturated carbocycles. The molecule has 2 unspecified atom stereocenters. The van der Waals surface area contributed by atoms with Gasteiger partial charge >= 0.3 is 0 Å². The first-order valence-corrected chi connectivity index (χ1v) is 12.3. The van der Waals surface area contributed by atoms with Gasteiger partial charge in [0, 0.05) is 27.7 Å². The van der Waals surface area contributed by atoms with E-state index in [2.05, 4.69) is 20.6 Å². The van der Waals surface area contributed by atoms with E-state index in [1.54, 1.807) is 12.1 Å². The maximum atomic E-state index is 13.1. The van der Waals surface area contributed by atoms with Gasteiger partial charge in [-0.25, -0.2) is 14.4 Å². The molecule has 3 aromatic rings. The van der Waals surface area contributed by atoms with Crippen molar-refractivity contribution in [3.05, 3.63) is 77.4 Å². The zero-order chi connectivity index (χ0) is 23.4. The monoisotopic (exact) mass is 482 g/mol. The fourth-order valence-corrected chi connectivity index (χ4v) is 5.45. The van der Waals surface area contributed by atoms with Crippen LogP contribution in [-0.2, 0) is 16.0 Å². The first-order valence-electron chi connectivity index (χ1n) is 10.4. The number of amides is 2. The summed E-state index contributed by atoms with van der Waals surface area (Å²) in [6.45, 7) is 3.87. The van der Waals surface area contributed by atoms with Crippen LogP contribution in [0, 0.1) is 19.7 Å². The summed E-state index contributed by atoms with van der Waals surface area (Å²) in [6, 6.07) is 14.9. The molecule has 33 heavy (non-hydrogen) atoms. The molecule has 1 aromatic heterocycles. The van der Waals surface area contributed by atoms with Crippen LogP contribution < -0.4 is 10.6 Å². The van der Waals surface area contributed by atoms with Gasteiger partial charge in [0.25, 0.3) is 0 Å². The summed E-state index contributed by atoms with van der Waals surface area (Å²) in [4.78, 5) is 35.0. The Balaban J connectivity index is 1.30. The Kier molecular flexibility index (Phi) is 7.29. The summed E-state index contributed by atoms with van der Waals surface area (Å²) in [5.74, 6) is -0.270. The minimum atomic E-state index is -0.607. The Morgan fingerprint density at radius 1 is 1.12 bits per heavy atom. The second kappa shape index (κ2) is 10.4. The van der Waals surface area contributed by atoms with E-state index in [1.165, 1.54) is 35.7 Å². The SMILES string of the molecule is Cc1cc(C)nc(Sc2ccc(NC(=O)C3CSC(Cc4ccc(F)cc4)C(=O)N3)cc2)n1. The zero-order valence-electron chi connectivity index (χ0n) is 18.2. The quantitative estimate of drug-likeness (QED) is 0.513. The van der Waals surface area contributed by atoms with Gasteiger partial charge in [0.15, 0.2) is 5.16 Å². The van der Waals surface area contributed by atoms with Crippen molar-refractivity contribution in [3.8, 4) is 0 Å². The number of thioether (sulfide) groups is 1. The van der Waals surface area contributed by atoms with Crippen LogP contribution in [0.5, 0.6) is 0 Å².